The predicted molar refractivity (Wildman–Crippen MR) is 191 cm³/mol. The average Bonchev–Trinajstić information content (AvgIpc) is 3.15. The lowest BCUT2D eigenvalue weighted by molar-refractivity contribution is 0.734. The lowest BCUT2D eigenvalue weighted by atomic mass is 9.95. The van der Waals surface area contributed by atoms with Gasteiger partial charge in [-0.3, -0.25) is 0 Å². The first-order valence-electron chi connectivity index (χ1n) is 15.9. The van der Waals surface area contributed by atoms with Crippen LogP contribution in [0.1, 0.15) is 31.7 Å². The summed E-state index contributed by atoms with van der Waals surface area (Å²) in [6, 6.07) is 55.1. The second kappa shape index (κ2) is 13.1. The molecule has 46 heavy (non-hydrogen) atoms. The fourth-order valence-electron chi connectivity index (χ4n) is 5.78. The van der Waals surface area contributed by atoms with Gasteiger partial charge in [-0.1, -0.05) is 153 Å². The molecule has 0 spiro atoms. The third-order valence-corrected chi connectivity index (χ3v) is 8.64. The van der Waals surface area contributed by atoms with Gasteiger partial charge in [0.25, 0.3) is 0 Å². The zero-order chi connectivity index (χ0) is 31.3. The number of nitrogens with zero attached hydrogens (tertiary/aromatic N) is 3. The highest BCUT2D eigenvalue weighted by Gasteiger charge is 2.15. The van der Waals surface area contributed by atoms with Gasteiger partial charge >= 0.3 is 0 Å². The molecule has 0 radical (unpaired) electrons. The van der Waals surface area contributed by atoms with E-state index in [2.05, 4.69) is 159 Å². The quantitative estimate of drug-likeness (QED) is 0.176. The van der Waals surface area contributed by atoms with Gasteiger partial charge in [-0.25, -0.2) is 15.0 Å². The van der Waals surface area contributed by atoms with Gasteiger partial charge in [0, 0.05) is 16.7 Å². The van der Waals surface area contributed by atoms with E-state index in [4.69, 9.17) is 15.0 Å². The smallest absolute Gasteiger partial charge is 0.164 e. The second-order valence-corrected chi connectivity index (χ2v) is 11.7. The number of hydrogen-bond donors (Lipinski definition) is 0. The summed E-state index contributed by atoms with van der Waals surface area (Å²) in [5, 5.41) is 0. The third kappa shape index (κ3) is 6.27. The molecule has 0 amide bonds. The molecule has 0 N–H and O–H groups in total. The highest BCUT2D eigenvalue weighted by Crippen LogP contribution is 2.32. The van der Waals surface area contributed by atoms with Crippen molar-refractivity contribution >= 4 is 0 Å². The van der Waals surface area contributed by atoms with Crippen LogP contribution in [-0.2, 0) is 0 Å². The molecule has 7 rings (SSSR count). The molecule has 3 nitrogen and oxygen atoms in total. The maximum absolute atomic E-state index is 5.08. The average molecular weight is 594 g/mol. The number of aromatic nitrogens is 3. The summed E-state index contributed by atoms with van der Waals surface area (Å²) in [7, 11) is 0. The Kier molecular flexibility index (Phi) is 8.30. The SMILES string of the molecule is CC[C@@H](C)c1ccc(-c2cccc(-c3nc(-c4cccc(-c5ccccc5)c4)nc(-c4cccc(-c5ccccc5)c4)n3)c2)cc1. The largest absolute Gasteiger partial charge is 0.208 e. The number of benzene rings is 6. The van der Waals surface area contributed by atoms with Gasteiger partial charge < -0.3 is 0 Å². The standard InChI is InChI=1S/C43H35N3/c1-3-30(2)31-23-25-34(26-24-31)37-19-12-22-40(29-37)43-45-41(38-20-10-17-35(27-38)32-13-6-4-7-14-32)44-42(46-43)39-21-11-18-36(28-39)33-15-8-5-9-16-33/h4-30H,3H2,1-2H3/t30-/m1/s1. The van der Waals surface area contributed by atoms with Crippen LogP contribution in [0.2, 0.25) is 0 Å². The first-order chi connectivity index (χ1) is 22.6. The van der Waals surface area contributed by atoms with Crippen molar-refractivity contribution in [2.75, 3.05) is 0 Å². The maximum Gasteiger partial charge on any atom is 0.164 e. The third-order valence-electron chi connectivity index (χ3n) is 8.64. The lowest BCUT2D eigenvalue weighted by Crippen LogP contribution is -2.00. The van der Waals surface area contributed by atoms with E-state index >= 15 is 0 Å². The molecule has 0 aliphatic heterocycles. The molecular formula is C43H35N3. The van der Waals surface area contributed by atoms with Crippen molar-refractivity contribution in [2.24, 2.45) is 0 Å². The number of hydrogen-bond acceptors (Lipinski definition) is 3. The minimum atomic E-state index is 0.545. The molecule has 1 aromatic heterocycles. The Morgan fingerprint density at radius 2 is 0.696 bits per heavy atom. The van der Waals surface area contributed by atoms with E-state index in [1.165, 1.54) is 11.1 Å². The first-order valence-corrected chi connectivity index (χ1v) is 15.9. The maximum atomic E-state index is 5.08. The van der Waals surface area contributed by atoms with Gasteiger partial charge in [0.15, 0.2) is 17.5 Å². The Morgan fingerprint density at radius 1 is 0.370 bits per heavy atom. The molecule has 1 atom stereocenters. The van der Waals surface area contributed by atoms with Crippen molar-refractivity contribution in [1.82, 2.24) is 15.0 Å². The van der Waals surface area contributed by atoms with E-state index in [1.54, 1.807) is 0 Å². The molecule has 0 saturated carbocycles. The van der Waals surface area contributed by atoms with Crippen LogP contribution < -0.4 is 0 Å². The van der Waals surface area contributed by atoms with Gasteiger partial charge in [-0.2, -0.15) is 0 Å². The molecule has 3 heteroatoms. The molecule has 0 fully saturated rings. The molecular weight excluding hydrogens is 558 g/mol. The zero-order valence-electron chi connectivity index (χ0n) is 26.1. The van der Waals surface area contributed by atoms with Crippen LogP contribution in [0.3, 0.4) is 0 Å². The van der Waals surface area contributed by atoms with E-state index < -0.39 is 0 Å². The second-order valence-electron chi connectivity index (χ2n) is 11.7. The first kappa shape index (κ1) is 29.1. The summed E-state index contributed by atoms with van der Waals surface area (Å²) in [6.45, 7) is 4.51. The fourth-order valence-corrected chi connectivity index (χ4v) is 5.78. The molecule has 7 aromatic rings. The molecule has 0 saturated heterocycles. The molecule has 222 valence electrons. The van der Waals surface area contributed by atoms with Crippen molar-refractivity contribution in [3.8, 4) is 67.5 Å². The topological polar surface area (TPSA) is 38.7 Å². The Bertz CT molecular complexity index is 1980. The van der Waals surface area contributed by atoms with Crippen LogP contribution in [0.15, 0.2) is 158 Å². The van der Waals surface area contributed by atoms with Crippen LogP contribution in [0, 0.1) is 0 Å². The van der Waals surface area contributed by atoms with Crippen molar-refractivity contribution < 1.29 is 0 Å². The van der Waals surface area contributed by atoms with E-state index in [0.29, 0.717) is 23.4 Å². The zero-order valence-corrected chi connectivity index (χ0v) is 26.1. The monoisotopic (exact) mass is 593 g/mol. The minimum Gasteiger partial charge on any atom is -0.208 e. The predicted octanol–water partition coefficient (Wildman–Crippen LogP) is 11.4. The Balaban J connectivity index is 1.34. The summed E-state index contributed by atoms with van der Waals surface area (Å²) >= 11 is 0. The molecule has 1 heterocycles. The molecule has 6 aromatic carbocycles. The lowest BCUT2D eigenvalue weighted by Gasteiger charge is -2.12. The van der Waals surface area contributed by atoms with Crippen LogP contribution in [-0.4, -0.2) is 15.0 Å². The summed E-state index contributed by atoms with van der Waals surface area (Å²) in [5.41, 5.74) is 11.1. The van der Waals surface area contributed by atoms with E-state index in [1.807, 2.05) is 12.1 Å². The fraction of sp³-hybridized carbons (Fsp3) is 0.0930. The Morgan fingerprint density at radius 3 is 1.07 bits per heavy atom. The van der Waals surface area contributed by atoms with Crippen molar-refractivity contribution in [2.45, 2.75) is 26.2 Å². The Hall–Kier alpha value is -5.67. The van der Waals surface area contributed by atoms with Crippen molar-refractivity contribution in [1.29, 1.82) is 0 Å². The minimum absolute atomic E-state index is 0.545. The van der Waals surface area contributed by atoms with Gasteiger partial charge in [-0.15, -0.1) is 0 Å². The van der Waals surface area contributed by atoms with Crippen molar-refractivity contribution in [3.63, 3.8) is 0 Å². The van der Waals surface area contributed by atoms with E-state index in [0.717, 1.165) is 50.9 Å². The summed E-state index contributed by atoms with van der Waals surface area (Å²) in [4.78, 5) is 15.2. The molecule has 0 bridgehead atoms. The van der Waals surface area contributed by atoms with Crippen LogP contribution in [0.25, 0.3) is 67.5 Å². The van der Waals surface area contributed by atoms with Crippen LogP contribution >= 0.6 is 0 Å². The molecule has 0 aliphatic carbocycles. The van der Waals surface area contributed by atoms with Crippen LogP contribution in [0.4, 0.5) is 0 Å². The summed E-state index contributed by atoms with van der Waals surface area (Å²) < 4.78 is 0. The normalized spacial score (nSPS) is 11.7. The highest BCUT2D eigenvalue weighted by atomic mass is 15.0. The van der Waals surface area contributed by atoms with Crippen molar-refractivity contribution in [3.05, 3.63) is 163 Å². The molecule has 0 aliphatic rings. The van der Waals surface area contributed by atoms with Gasteiger partial charge in [0.05, 0.1) is 0 Å². The van der Waals surface area contributed by atoms with E-state index in [-0.39, 0.29) is 0 Å². The summed E-state index contributed by atoms with van der Waals surface area (Å²) in [6.07, 6.45) is 1.13. The van der Waals surface area contributed by atoms with Crippen LogP contribution in [0.5, 0.6) is 0 Å². The number of rotatable bonds is 8. The van der Waals surface area contributed by atoms with Gasteiger partial charge in [-0.05, 0) is 69.5 Å². The Labute approximate surface area is 271 Å². The van der Waals surface area contributed by atoms with Gasteiger partial charge in [0.2, 0.25) is 0 Å². The van der Waals surface area contributed by atoms with E-state index in [9.17, 15) is 0 Å². The van der Waals surface area contributed by atoms with Gasteiger partial charge in [0.1, 0.15) is 0 Å². The highest BCUT2D eigenvalue weighted by molar-refractivity contribution is 5.76. The molecule has 0 unspecified atom stereocenters. The summed E-state index contributed by atoms with van der Waals surface area (Å²) in [5.74, 6) is 2.48.